The van der Waals surface area contributed by atoms with E-state index in [9.17, 15) is 9.59 Å². The van der Waals surface area contributed by atoms with E-state index >= 15 is 0 Å². The predicted octanol–water partition coefficient (Wildman–Crippen LogP) is 3.63. The second-order valence-electron chi connectivity index (χ2n) is 8.27. The van der Waals surface area contributed by atoms with Crippen molar-refractivity contribution in [1.82, 2.24) is 15.3 Å². The molecule has 1 N–H and O–H groups in total. The van der Waals surface area contributed by atoms with Gasteiger partial charge >= 0.3 is 0 Å². The summed E-state index contributed by atoms with van der Waals surface area (Å²) in [6, 6.07) is 16.2. The number of methoxy groups -OCH3 is 1. The molecule has 8 heteroatoms. The highest BCUT2D eigenvalue weighted by Crippen LogP contribution is 2.32. The zero-order chi connectivity index (χ0) is 24.4. The fraction of sp³-hybridized carbons (Fsp3) is 0.185. The van der Waals surface area contributed by atoms with Gasteiger partial charge in [-0.25, -0.2) is 9.88 Å². The smallest absolute Gasteiger partial charge is 0.238 e. The van der Waals surface area contributed by atoms with E-state index in [4.69, 9.17) is 9.72 Å². The highest BCUT2D eigenvalue weighted by atomic mass is 16.5. The molecule has 1 amide bonds. The summed E-state index contributed by atoms with van der Waals surface area (Å²) in [5.41, 5.74) is 2.99. The van der Waals surface area contributed by atoms with Crippen LogP contribution in [0.1, 0.15) is 18.1 Å². The Hall–Kier alpha value is -4.30. The molecule has 5 rings (SSSR count). The maximum Gasteiger partial charge on any atom is 0.238 e. The van der Waals surface area contributed by atoms with Gasteiger partial charge in [-0.05, 0) is 29.8 Å². The van der Waals surface area contributed by atoms with Crippen LogP contribution in [-0.2, 0) is 16.1 Å². The van der Waals surface area contributed by atoms with Crippen LogP contribution in [0.15, 0.2) is 79.0 Å². The molecule has 1 unspecified atom stereocenters. The van der Waals surface area contributed by atoms with E-state index in [-0.39, 0.29) is 17.6 Å². The summed E-state index contributed by atoms with van der Waals surface area (Å²) in [4.78, 5) is 38.8. The number of hydrogen-bond acceptors (Lipinski definition) is 7. The van der Waals surface area contributed by atoms with E-state index < -0.39 is 6.04 Å². The number of fused-ring (bicyclic) bond motifs is 1. The first-order valence-electron chi connectivity index (χ1n) is 11.3. The van der Waals surface area contributed by atoms with Crippen LogP contribution >= 0.6 is 0 Å². The summed E-state index contributed by atoms with van der Waals surface area (Å²) in [6.07, 6.45) is 7.31. The number of carbonyl (C=O) groups excluding carboxylic acids is 2. The highest BCUT2D eigenvalue weighted by Gasteiger charge is 2.33. The number of carbonyl (C=O) groups is 2. The van der Waals surface area contributed by atoms with Gasteiger partial charge in [-0.3, -0.25) is 14.9 Å². The average molecular weight is 468 g/mol. The van der Waals surface area contributed by atoms with Crippen LogP contribution in [0, 0.1) is 0 Å². The highest BCUT2D eigenvalue weighted by molar-refractivity contribution is 6.26. The van der Waals surface area contributed by atoms with Gasteiger partial charge in [0.15, 0.2) is 5.78 Å². The van der Waals surface area contributed by atoms with Crippen LogP contribution in [0.25, 0.3) is 5.57 Å². The van der Waals surface area contributed by atoms with Crippen LogP contribution in [0.5, 0.6) is 5.75 Å². The number of rotatable bonds is 5. The Morgan fingerprint density at radius 2 is 1.91 bits per heavy atom. The number of Topliss-reactive ketones (excluding diaryl/α,β-unsaturated/α-hetero) is 1. The first-order chi connectivity index (χ1) is 17.1. The molecule has 1 aromatic heterocycles. The van der Waals surface area contributed by atoms with Crippen LogP contribution in [0.4, 0.5) is 17.5 Å². The van der Waals surface area contributed by atoms with Crippen molar-refractivity contribution in [2.24, 2.45) is 0 Å². The van der Waals surface area contributed by atoms with E-state index in [1.54, 1.807) is 13.3 Å². The van der Waals surface area contributed by atoms with Crippen LogP contribution < -0.4 is 19.9 Å². The molecule has 2 aliphatic rings. The van der Waals surface area contributed by atoms with Crippen molar-refractivity contribution in [1.29, 1.82) is 0 Å². The van der Waals surface area contributed by atoms with Crippen LogP contribution in [0.2, 0.25) is 0 Å². The lowest BCUT2D eigenvalue weighted by Gasteiger charge is -2.36. The number of benzene rings is 2. The summed E-state index contributed by atoms with van der Waals surface area (Å²) in [5, 5.41) is 3.32. The summed E-state index contributed by atoms with van der Waals surface area (Å²) in [5.74, 6) is 1.41. The maximum atomic E-state index is 13.6. The third-order valence-corrected chi connectivity index (χ3v) is 6.06. The Labute approximate surface area is 203 Å². The van der Waals surface area contributed by atoms with Crippen LogP contribution in [0.3, 0.4) is 0 Å². The first kappa shape index (κ1) is 22.5. The molecule has 176 valence electrons. The topological polar surface area (TPSA) is 87.7 Å². The zero-order valence-electron chi connectivity index (χ0n) is 19.5. The Kier molecular flexibility index (Phi) is 6.12. The quantitative estimate of drug-likeness (QED) is 0.613. The molecule has 0 spiro atoms. The van der Waals surface area contributed by atoms with Gasteiger partial charge in [0.2, 0.25) is 11.9 Å². The average Bonchev–Trinajstić information content (AvgIpc) is 2.89. The lowest BCUT2D eigenvalue weighted by molar-refractivity contribution is -0.116. The van der Waals surface area contributed by atoms with Gasteiger partial charge in [-0.1, -0.05) is 48.6 Å². The number of hydrogen-bond donors (Lipinski definition) is 1. The summed E-state index contributed by atoms with van der Waals surface area (Å²) in [7, 11) is 1.61. The van der Waals surface area contributed by atoms with Crippen molar-refractivity contribution in [2.45, 2.75) is 19.5 Å². The largest absolute Gasteiger partial charge is 0.497 e. The molecule has 1 aliphatic carbocycles. The van der Waals surface area contributed by atoms with Gasteiger partial charge in [-0.15, -0.1) is 0 Å². The Balaban J connectivity index is 1.49. The molecule has 0 saturated heterocycles. The molecule has 0 saturated carbocycles. The molecule has 8 nitrogen and oxygen atoms in total. The standard InChI is InChI=1S/C27H25N5O3/c1-18(33)32(21-7-4-3-5-8-21)27-29-16-20-15-28-17-31(26(20)30-27)24-10-6-9-23(25(24)34)19-11-13-22(35-2)14-12-19/h3-14,16,24,28H,15,17H2,1-2H3. The van der Waals surface area contributed by atoms with Gasteiger partial charge in [-0.2, -0.15) is 4.98 Å². The zero-order valence-corrected chi connectivity index (χ0v) is 19.5. The molecular formula is C27H25N5O3. The SMILES string of the molecule is COc1ccc(C2=CC=CC(N3CNCc4cnc(N(C(C)=O)c5ccccc5)nc43)C2=O)cc1. The van der Waals surface area contributed by atoms with Gasteiger partial charge < -0.3 is 9.64 Å². The summed E-state index contributed by atoms with van der Waals surface area (Å²) >= 11 is 0. The van der Waals surface area contributed by atoms with E-state index in [0.717, 1.165) is 16.9 Å². The van der Waals surface area contributed by atoms with E-state index in [1.807, 2.05) is 77.7 Å². The Morgan fingerprint density at radius 1 is 1.14 bits per heavy atom. The van der Waals surface area contributed by atoms with Crippen molar-refractivity contribution in [3.63, 3.8) is 0 Å². The molecule has 1 atom stereocenters. The molecule has 0 bridgehead atoms. The molecule has 3 aromatic rings. The minimum Gasteiger partial charge on any atom is -0.497 e. The van der Waals surface area contributed by atoms with Crippen molar-refractivity contribution in [2.75, 3.05) is 23.6 Å². The predicted molar refractivity (Wildman–Crippen MR) is 134 cm³/mol. The maximum absolute atomic E-state index is 13.6. The molecule has 35 heavy (non-hydrogen) atoms. The normalized spacial score (nSPS) is 17.0. The van der Waals surface area contributed by atoms with Crippen molar-refractivity contribution in [3.05, 3.63) is 90.1 Å². The van der Waals surface area contributed by atoms with Crippen molar-refractivity contribution < 1.29 is 14.3 Å². The number of para-hydroxylation sites is 1. The summed E-state index contributed by atoms with van der Waals surface area (Å²) in [6.45, 7) is 2.49. The second-order valence-corrected chi connectivity index (χ2v) is 8.27. The van der Waals surface area contributed by atoms with E-state index in [2.05, 4.69) is 10.3 Å². The van der Waals surface area contributed by atoms with Gasteiger partial charge in [0.1, 0.15) is 17.6 Å². The minimum atomic E-state index is -0.547. The van der Waals surface area contributed by atoms with Crippen molar-refractivity contribution >= 4 is 34.7 Å². The fourth-order valence-electron chi connectivity index (χ4n) is 4.34. The monoisotopic (exact) mass is 467 g/mol. The number of aromatic nitrogens is 2. The molecule has 0 fully saturated rings. The third-order valence-electron chi connectivity index (χ3n) is 6.06. The van der Waals surface area contributed by atoms with Gasteiger partial charge in [0, 0.05) is 30.8 Å². The van der Waals surface area contributed by atoms with Crippen molar-refractivity contribution in [3.8, 4) is 5.75 Å². The lowest BCUT2D eigenvalue weighted by Crippen LogP contribution is -2.49. The van der Waals surface area contributed by atoms with Crippen LogP contribution in [-0.4, -0.2) is 41.5 Å². The molecule has 2 heterocycles. The van der Waals surface area contributed by atoms with E-state index in [1.165, 1.54) is 11.8 Å². The fourth-order valence-corrected chi connectivity index (χ4v) is 4.34. The number of allylic oxidation sites excluding steroid dienone is 2. The number of ether oxygens (including phenoxy) is 1. The van der Waals surface area contributed by atoms with Gasteiger partial charge in [0.25, 0.3) is 0 Å². The Bertz CT molecular complexity index is 1320. The molecule has 2 aromatic carbocycles. The molecule has 1 aliphatic heterocycles. The second kappa shape index (κ2) is 9.52. The number of anilines is 3. The number of nitrogens with zero attached hydrogens (tertiary/aromatic N) is 4. The molecular weight excluding hydrogens is 442 g/mol. The minimum absolute atomic E-state index is 0.0287. The summed E-state index contributed by atoms with van der Waals surface area (Å²) < 4.78 is 5.24. The third kappa shape index (κ3) is 4.31. The number of nitrogens with one attached hydrogen (secondary N) is 1. The number of amides is 1. The number of ketones is 1. The van der Waals surface area contributed by atoms with E-state index in [0.29, 0.717) is 30.3 Å². The van der Waals surface area contributed by atoms with Gasteiger partial charge in [0.05, 0.1) is 19.5 Å². The lowest BCUT2D eigenvalue weighted by atomic mass is 9.92. The first-order valence-corrected chi connectivity index (χ1v) is 11.3. The molecule has 0 radical (unpaired) electrons. The Morgan fingerprint density at radius 3 is 2.63 bits per heavy atom.